The van der Waals surface area contributed by atoms with Gasteiger partial charge in [-0.2, -0.15) is 0 Å². The second-order valence-electron chi connectivity index (χ2n) is 2.07. The first-order valence-corrected chi connectivity index (χ1v) is 2.93. The van der Waals surface area contributed by atoms with Crippen molar-refractivity contribution in [1.29, 1.82) is 0 Å². The zero-order chi connectivity index (χ0) is 10.2. The Hall–Kier alpha value is -1.91. The maximum atomic E-state index is 10.4. The lowest BCUT2D eigenvalue weighted by atomic mass is 10.2. The number of aromatic hydroxyl groups is 3. The van der Waals surface area contributed by atoms with Gasteiger partial charge in [-0.05, 0) is 12.1 Å². The molecular formula is C7H6O5. The first-order valence-electron chi connectivity index (χ1n) is 3.43. The molecule has 12 heavy (non-hydrogen) atoms. The molecule has 0 aliphatic heterocycles. The highest BCUT2D eigenvalue weighted by atomic mass is 16.4. The molecule has 0 amide bonds. The summed E-state index contributed by atoms with van der Waals surface area (Å²) in [4.78, 5) is 10.4. The summed E-state index contributed by atoms with van der Waals surface area (Å²) in [5, 5.41) is 35.2. The molecule has 0 aliphatic carbocycles. The maximum absolute atomic E-state index is 10.4. The van der Waals surface area contributed by atoms with Crippen molar-refractivity contribution in [2.24, 2.45) is 0 Å². The summed E-state index contributed by atoms with van der Waals surface area (Å²) in [6.07, 6.45) is 0. The molecule has 1 aromatic carbocycles. The van der Waals surface area contributed by atoms with E-state index in [0.717, 1.165) is 0 Å². The Morgan fingerprint density at radius 3 is 2.42 bits per heavy atom. The quantitative estimate of drug-likeness (QED) is 0.461. The molecule has 4 N–H and O–H groups in total. The van der Waals surface area contributed by atoms with E-state index in [1.807, 2.05) is 0 Å². The third-order valence-corrected chi connectivity index (χ3v) is 1.23. The van der Waals surface area contributed by atoms with Gasteiger partial charge in [-0.15, -0.1) is 0 Å². The molecule has 0 radical (unpaired) electrons. The second-order valence-corrected chi connectivity index (χ2v) is 2.07. The molecule has 0 heterocycles. The van der Waals surface area contributed by atoms with Crippen molar-refractivity contribution < 1.29 is 26.6 Å². The average Bonchev–Trinajstić information content (AvgIpc) is 2.07. The Kier molecular flexibility index (Phi) is 1.48. The fourth-order valence-electron chi connectivity index (χ4n) is 0.664. The highest BCUT2D eigenvalue weighted by Gasteiger charge is 2.11. The molecule has 0 aromatic heterocycles. The van der Waals surface area contributed by atoms with E-state index in [4.69, 9.17) is 21.8 Å². The van der Waals surface area contributed by atoms with E-state index in [1.165, 1.54) is 0 Å². The van der Waals surface area contributed by atoms with Gasteiger partial charge in [0.1, 0.15) is 0 Å². The Labute approximate surface area is 68.5 Å². The predicted molar refractivity (Wildman–Crippen MR) is 38.4 cm³/mol. The number of benzene rings is 1. The molecule has 0 unspecified atom stereocenters. The molecule has 0 atom stereocenters. The van der Waals surface area contributed by atoms with Gasteiger partial charge in [-0.1, -0.05) is 0 Å². The molecule has 1 rings (SSSR count). The van der Waals surface area contributed by atoms with Crippen molar-refractivity contribution in [3.8, 4) is 17.2 Å². The Morgan fingerprint density at radius 2 is 1.92 bits per heavy atom. The minimum Gasteiger partial charge on any atom is -0.504 e. The lowest BCUT2D eigenvalue weighted by molar-refractivity contribution is 0.0696. The number of phenolic OH excluding ortho intramolecular Hbond substituents is 3. The average molecular weight is 171 g/mol. The molecule has 5 heteroatoms. The number of carboxylic acid groups (broad SMARTS) is 1. The van der Waals surface area contributed by atoms with Crippen LogP contribution in [0.1, 0.15) is 11.7 Å². The standard InChI is InChI=1S/C7H6O5/c8-4-1-3(7(11)12)2-5(9)6(4)10/h1-2,8-10H,(H,11,12)/i1D. The van der Waals surface area contributed by atoms with Crippen molar-refractivity contribution in [3.05, 3.63) is 17.7 Å². The number of hydrogen-bond donors (Lipinski definition) is 4. The summed E-state index contributed by atoms with van der Waals surface area (Å²) >= 11 is 0. The second kappa shape index (κ2) is 2.61. The van der Waals surface area contributed by atoms with Gasteiger partial charge in [0, 0.05) is 0 Å². The zero-order valence-electron chi connectivity index (χ0n) is 6.77. The highest BCUT2D eigenvalue weighted by molar-refractivity contribution is 5.89. The van der Waals surface area contributed by atoms with Gasteiger partial charge in [0.2, 0.25) is 0 Å². The lowest BCUT2D eigenvalue weighted by Gasteiger charge is -2.01. The number of carboxylic acids is 1. The third-order valence-electron chi connectivity index (χ3n) is 1.23. The summed E-state index contributed by atoms with van der Waals surface area (Å²) < 4.78 is 7.06. The van der Waals surface area contributed by atoms with E-state index in [9.17, 15) is 4.79 Å². The van der Waals surface area contributed by atoms with Gasteiger partial charge in [-0.3, -0.25) is 0 Å². The molecule has 0 aliphatic rings. The molecule has 64 valence electrons. The molecule has 5 nitrogen and oxygen atoms in total. The van der Waals surface area contributed by atoms with Crippen LogP contribution in [0.15, 0.2) is 12.1 Å². The summed E-state index contributed by atoms with van der Waals surface area (Å²) in [6, 6.07) is -0.0394. The minimum absolute atomic E-state index is 0.576. The Balaban J connectivity index is 3.50. The largest absolute Gasteiger partial charge is 0.504 e. The molecule has 0 saturated carbocycles. The van der Waals surface area contributed by atoms with Crippen LogP contribution in [0.2, 0.25) is 0 Å². The molecule has 0 spiro atoms. The molecule has 1 aromatic rings. The topological polar surface area (TPSA) is 98.0 Å². The van der Waals surface area contributed by atoms with Crippen LogP contribution in [-0.2, 0) is 0 Å². The molecular weight excluding hydrogens is 164 g/mol. The van der Waals surface area contributed by atoms with Crippen molar-refractivity contribution >= 4 is 5.97 Å². The summed E-state index contributed by atoms with van der Waals surface area (Å²) in [5.74, 6) is -4.08. The van der Waals surface area contributed by atoms with Gasteiger partial charge in [0.15, 0.2) is 17.2 Å². The number of aromatic carboxylic acids is 1. The molecule has 0 fully saturated rings. The zero-order valence-corrected chi connectivity index (χ0v) is 5.77. The van der Waals surface area contributed by atoms with Crippen molar-refractivity contribution in [3.63, 3.8) is 0 Å². The van der Waals surface area contributed by atoms with Crippen molar-refractivity contribution in [2.45, 2.75) is 0 Å². The first kappa shape index (κ1) is 6.78. The van der Waals surface area contributed by atoms with E-state index in [1.54, 1.807) is 0 Å². The number of carbonyl (C=O) groups is 1. The monoisotopic (exact) mass is 171 g/mol. The highest BCUT2D eigenvalue weighted by Crippen LogP contribution is 2.35. The summed E-state index contributed by atoms with van der Waals surface area (Å²) in [7, 11) is 0. The third kappa shape index (κ3) is 1.24. The van der Waals surface area contributed by atoms with Crippen molar-refractivity contribution in [1.82, 2.24) is 0 Å². The molecule has 0 saturated heterocycles. The van der Waals surface area contributed by atoms with Gasteiger partial charge >= 0.3 is 5.97 Å². The van der Waals surface area contributed by atoms with E-state index >= 15 is 0 Å². The first-order chi connectivity index (χ1) is 5.95. The Bertz CT molecular complexity index is 374. The van der Waals surface area contributed by atoms with Crippen LogP contribution >= 0.6 is 0 Å². The summed E-state index contributed by atoms with van der Waals surface area (Å²) in [5.41, 5.74) is -0.576. The number of phenols is 3. The van der Waals surface area contributed by atoms with E-state index in [0.29, 0.717) is 6.07 Å². The van der Waals surface area contributed by atoms with Crippen LogP contribution in [0.5, 0.6) is 17.2 Å². The van der Waals surface area contributed by atoms with Crippen LogP contribution < -0.4 is 0 Å². The van der Waals surface area contributed by atoms with E-state index in [-0.39, 0.29) is 0 Å². The van der Waals surface area contributed by atoms with Crippen LogP contribution in [0.25, 0.3) is 0 Å². The molecule has 0 bridgehead atoms. The predicted octanol–water partition coefficient (Wildman–Crippen LogP) is 0.502. The summed E-state index contributed by atoms with van der Waals surface area (Å²) in [6.45, 7) is 0. The van der Waals surface area contributed by atoms with E-state index < -0.39 is 34.8 Å². The van der Waals surface area contributed by atoms with Crippen LogP contribution in [0, 0.1) is 0 Å². The lowest BCUT2D eigenvalue weighted by Crippen LogP contribution is -1.95. The van der Waals surface area contributed by atoms with Gasteiger partial charge in [0.05, 0.1) is 6.93 Å². The smallest absolute Gasteiger partial charge is 0.335 e. The normalized spacial score (nSPS) is 10.8. The van der Waals surface area contributed by atoms with E-state index in [2.05, 4.69) is 0 Å². The maximum Gasteiger partial charge on any atom is 0.335 e. The van der Waals surface area contributed by atoms with Gasteiger partial charge < -0.3 is 20.4 Å². The van der Waals surface area contributed by atoms with Crippen LogP contribution in [0.3, 0.4) is 0 Å². The van der Waals surface area contributed by atoms with Crippen molar-refractivity contribution in [2.75, 3.05) is 0 Å². The number of hydrogen-bond acceptors (Lipinski definition) is 4. The fraction of sp³-hybridized carbons (Fsp3) is 0. The van der Waals surface area contributed by atoms with Crippen LogP contribution in [-0.4, -0.2) is 26.4 Å². The van der Waals surface area contributed by atoms with Gasteiger partial charge in [0.25, 0.3) is 0 Å². The SMILES string of the molecule is [2H]c1c(C(=O)O)cc(O)c(O)c1O. The Morgan fingerprint density at radius 1 is 1.33 bits per heavy atom. The minimum atomic E-state index is -1.46. The number of rotatable bonds is 1. The van der Waals surface area contributed by atoms with Crippen LogP contribution in [0.4, 0.5) is 0 Å². The fourth-order valence-corrected chi connectivity index (χ4v) is 0.664. The van der Waals surface area contributed by atoms with Gasteiger partial charge in [-0.25, -0.2) is 4.79 Å².